The molecular weight excluding hydrogens is 204 g/mol. The van der Waals surface area contributed by atoms with Crippen LogP contribution in [0.1, 0.15) is 13.3 Å². The quantitative estimate of drug-likeness (QED) is 0.635. The predicted molar refractivity (Wildman–Crippen MR) is 54.5 cm³/mol. The molecule has 0 saturated carbocycles. The molecule has 1 aliphatic rings. The number of hydrogen-bond acceptors (Lipinski definition) is 3. The first-order valence-electron chi connectivity index (χ1n) is 4.48. The zero-order valence-corrected chi connectivity index (χ0v) is 8.82. The van der Waals surface area contributed by atoms with Crippen LogP contribution in [0.25, 0.3) is 0 Å². The summed E-state index contributed by atoms with van der Waals surface area (Å²) in [6.07, 6.45) is 0.490. The summed E-state index contributed by atoms with van der Waals surface area (Å²) in [7, 11) is 0. The van der Waals surface area contributed by atoms with Gasteiger partial charge in [-0.2, -0.15) is 11.8 Å². The van der Waals surface area contributed by atoms with E-state index in [1.165, 1.54) is 0 Å². The van der Waals surface area contributed by atoms with Crippen molar-refractivity contribution < 1.29 is 14.7 Å². The van der Waals surface area contributed by atoms with Crippen molar-refractivity contribution in [2.24, 2.45) is 0 Å². The second-order valence-electron chi connectivity index (χ2n) is 3.17. The molecule has 0 radical (unpaired) electrons. The number of amides is 2. The molecular formula is C8H14N2O3S. The number of rotatable bonds is 3. The second-order valence-corrected chi connectivity index (χ2v) is 4.28. The minimum Gasteiger partial charge on any atom is -0.479 e. The molecule has 3 N–H and O–H groups in total. The molecule has 0 spiro atoms. The molecule has 0 aromatic carbocycles. The van der Waals surface area contributed by atoms with Crippen LogP contribution in [0.3, 0.4) is 0 Å². The summed E-state index contributed by atoms with van der Waals surface area (Å²) in [6, 6.07) is -0.405. The molecule has 14 heavy (non-hydrogen) atoms. The van der Waals surface area contributed by atoms with E-state index in [2.05, 4.69) is 10.6 Å². The Labute approximate surface area is 86.6 Å². The summed E-state index contributed by atoms with van der Waals surface area (Å²) < 4.78 is 0. The maximum atomic E-state index is 11.2. The van der Waals surface area contributed by atoms with E-state index in [9.17, 15) is 9.59 Å². The maximum Gasteiger partial charge on any atom is 0.330 e. The van der Waals surface area contributed by atoms with Crippen molar-refractivity contribution in [3.05, 3.63) is 0 Å². The number of carbonyl (C=O) groups is 2. The van der Waals surface area contributed by atoms with Crippen LogP contribution in [0.5, 0.6) is 0 Å². The predicted octanol–water partition coefficient (Wildman–Crippen LogP) is 0.266. The number of aliphatic carboxylic acids is 1. The van der Waals surface area contributed by atoms with Crippen LogP contribution in [0, 0.1) is 0 Å². The number of carboxylic acids is 1. The zero-order chi connectivity index (χ0) is 10.6. The fraction of sp³-hybridized carbons (Fsp3) is 0.750. The van der Waals surface area contributed by atoms with Crippen LogP contribution in [-0.4, -0.2) is 40.7 Å². The molecule has 0 aromatic rings. The lowest BCUT2D eigenvalue weighted by Gasteiger charge is -2.24. The van der Waals surface area contributed by atoms with Gasteiger partial charge in [0.05, 0.1) is 0 Å². The van der Waals surface area contributed by atoms with Gasteiger partial charge in [-0.05, 0) is 19.1 Å². The highest BCUT2D eigenvalue weighted by Crippen LogP contribution is 2.28. The molecule has 0 aliphatic carbocycles. The van der Waals surface area contributed by atoms with E-state index in [0.717, 1.165) is 5.75 Å². The van der Waals surface area contributed by atoms with Gasteiger partial charge in [-0.25, -0.2) is 9.59 Å². The fourth-order valence-corrected chi connectivity index (χ4v) is 2.63. The van der Waals surface area contributed by atoms with Crippen LogP contribution >= 0.6 is 11.8 Å². The Balaban J connectivity index is 2.60. The van der Waals surface area contributed by atoms with Crippen molar-refractivity contribution >= 4 is 23.8 Å². The van der Waals surface area contributed by atoms with Crippen molar-refractivity contribution in [1.29, 1.82) is 0 Å². The Hall–Kier alpha value is -0.910. The SMILES string of the molecule is CCNC(=O)NC1(C(=O)O)CCSC1. The van der Waals surface area contributed by atoms with Crippen LogP contribution in [0.15, 0.2) is 0 Å². The third-order valence-corrected chi connectivity index (χ3v) is 3.31. The van der Waals surface area contributed by atoms with E-state index in [1.807, 2.05) is 0 Å². The molecule has 1 saturated heterocycles. The zero-order valence-electron chi connectivity index (χ0n) is 8.00. The lowest BCUT2D eigenvalue weighted by Crippen LogP contribution is -2.57. The molecule has 0 aromatic heterocycles. The topological polar surface area (TPSA) is 78.4 Å². The number of urea groups is 1. The summed E-state index contributed by atoms with van der Waals surface area (Å²) in [5.41, 5.74) is -1.07. The first-order chi connectivity index (χ1) is 6.60. The largest absolute Gasteiger partial charge is 0.479 e. The van der Waals surface area contributed by atoms with Crippen LogP contribution < -0.4 is 10.6 Å². The Bertz CT molecular complexity index is 239. The van der Waals surface area contributed by atoms with Gasteiger partial charge in [-0.3, -0.25) is 0 Å². The van der Waals surface area contributed by atoms with Crippen molar-refractivity contribution in [2.45, 2.75) is 18.9 Å². The summed E-state index contributed by atoms with van der Waals surface area (Å²) >= 11 is 1.55. The third kappa shape index (κ3) is 2.31. The van der Waals surface area contributed by atoms with Crippen molar-refractivity contribution in [1.82, 2.24) is 10.6 Å². The van der Waals surface area contributed by atoms with Gasteiger partial charge in [-0.1, -0.05) is 0 Å². The molecule has 1 atom stereocenters. The van der Waals surface area contributed by atoms with Gasteiger partial charge in [0.15, 0.2) is 0 Å². The number of nitrogens with one attached hydrogen (secondary N) is 2. The third-order valence-electron chi connectivity index (χ3n) is 2.12. The molecule has 80 valence electrons. The fourth-order valence-electron chi connectivity index (χ4n) is 1.31. The Morgan fingerprint density at radius 2 is 2.29 bits per heavy atom. The van der Waals surface area contributed by atoms with Gasteiger partial charge in [-0.15, -0.1) is 0 Å². The van der Waals surface area contributed by atoms with Crippen molar-refractivity contribution in [3.8, 4) is 0 Å². The van der Waals surface area contributed by atoms with E-state index in [-0.39, 0.29) is 0 Å². The van der Waals surface area contributed by atoms with E-state index in [1.54, 1.807) is 18.7 Å². The molecule has 1 rings (SSSR count). The van der Waals surface area contributed by atoms with Crippen molar-refractivity contribution in [3.63, 3.8) is 0 Å². The standard InChI is InChI=1S/C8H14N2O3S/c1-2-9-7(13)10-8(6(11)12)3-4-14-5-8/h2-5H2,1H3,(H,11,12)(H2,9,10,13). The first-order valence-corrected chi connectivity index (χ1v) is 5.63. The molecule has 6 heteroatoms. The van der Waals surface area contributed by atoms with Crippen LogP contribution in [0.4, 0.5) is 4.79 Å². The minimum absolute atomic E-state index is 0.405. The van der Waals surface area contributed by atoms with E-state index in [4.69, 9.17) is 5.11 Å². The molecule has 1 heterocycles. The van der Waals surface area contributed by atoms with E-state index < -0.39 is 17.5 Å². The van der Waals surface area contributed by atoms with Gasteiger partial charge in [0.2, 0.25) is 0 Å². The molecule has 1 fully saturated rings. The average Bonchev–Trinajstić information content (AvgIpc) is 2.54. The number of carboxylic acid groups (broad SMARTS) is 1. The molecule has 0 bridgehead atoms. The maximum absolute atomic E-state index is 11.2. The van der Waals surface area contributed by atoms with Crippen molar-refractivity contribution in [2.75, 3.05) is 18.1 Å². The van der Waals surface area contributed by atoms with Gasteiger partial charge < -0.3 is 15.7 Å². The average molecular weight is 218 g/mol. The van der Waals surface area contributed by atoms with Gasteiger partial charge in [0, 0.05) is 12.3 Å². The second kappa shape index (κ2) is 4.54. The van der Waals surface area contributed by atoms with Gasteiger partial charge in [0.1, 0.15) is 5.54 Å². The highest BCUT2D eigenvalue weighted by Gasteiger charge is 2.43. The Morgan fingerprint density at radius 1 is 1.57 bits per heavy atom. The van der Waals surface area contributed by atoms with E-state index in [0.29, 0.717) is 18.7 Å². The molecule has 1 unspecified atom stereocenters. The van der Waals surface area contributed by atoms with Crippen LogP contribution in [-0.2, 0) is 4.79 Å². The number of carbonyl (C=O) groups excluding carboxylic acids is 1. The Morgan fingerprint density at radius 3 is 2.71 bits per heavy atom. The minimum atomic E-state index is -1.07. The van der Waals surface area contributed by atoms with E-state index >= 15 is 0 Å². The van der Waals surface area contributed by atoms with Gasteiger partial charge in [0.25, 0.3) is 0 Å². The normalized spacial score (nSPS) is 25.8. The summed E-state index contributed by atoms with van der Waals surface area (Å²) in [6.45, 7) is 2.28. The number of hydrogen-bond donors (Lipinski definition) is 3. The summed E-state index contributed by atoms with van der Waals surface area (Å²) in [4.78, 5) is 22.2. The lowest BCUT2D eigenvalue weighted by molar-refractivity contribution is -0.143. The molecule has 5 nitrogen and oxygen atoms in total. The molecule has 2 amide bonds. The highest BCUT2D eigenvalue weighted by atomic mass is 32.2. The lowest BCUT2D eigenvalue weighted by atomic mass is 10.00. The first kappa shape index (κ1) is 11.2. The smallest absolute Gasteiger partial charge is 0.330 e. The monoisotopic (exact) mass is 218 g/mol. The summed E-state index contributed by atoms with van der Waals surface area (Å²) in [5.74, 6) is 0.270. The van der Waals surface area contributed by atoms with Crippen LogP contribution in [0.2, 0.25) is 0 Å². The highest BCUT2D eigenvalue weighted by molar-refractivity contribution is 7.99. The van der Waals surface area contributed by atoms with Gasteiger partial charge >= 0.3 is 12.0 Å². The molecule has 1 aliphatic heterocycles. The summed E-state index contributed by atoms with van der Waals surface area (Å²) in [5, 5.41) is 14.1. The Kier molecular flexibility index (Phi) is 3.62. The number of thioether (sulfide) groups is 1.